The Balaban J connectivity index is 2.21. The van der Waals surface area contributed by atoms with E-state index in [0.29, 0.717) is 23.1 Å². The molecule has 0 aliphatic carbocycles. The van der Waals surface area contributed by atoms with Gasteiger partial charge in [-0.15, -0.1) is 0 Å². The Morgan fingerprint density at radius 2 is 1.90 bits per heavy atom. The van der Waals surface area contributed by atoms with Gasteiger partial charge in [-0.2, -0.15) is 0 Å². The molecule has 20 heavy (non-hydrogen) atoms. The molecule has 0 atom stereocenters. The van der Waals surface area contributed by atoms with E-state index in [1.54, 1.807) is 4.90 Å². The number of nitrogens with zero attached hydrogens (tertiary/aromatic N) is 1. The van der Waals surface area contributed by atoms with E-state index >= 15 is 0 Å². The molecule has 0 spiro atoms. The molecule has 0 bridgehead atoms. The highest BCUT2D eigenvalue weighted by Gasteiger charge is 2.17. The number of benzene rings is 2. The number of hydrogen-bond donors (Lipinski definition) is 0. The lowest BCUT2D eigenvalue weighted by Crippen LogP contribution is -2.30. The SMILES string of the molecule is CCN(Cc1ccccc1)C(=O)c1ccc(F)cc1Br. The van der Waals surface area contributed by atoms with Crippen LogP contribution in [0.5, 0.6) is 0 Å². The van der Waals surface area contributed by atoms with E-state index in [-0.39, 0.29) is 11.7 Å². The molecule has 0 saturated heterocycles. The average Bonchev–Trinajstić information content (AvgIpc) is 2.45. The molecule has 0 radical (unpaired) electrons. The van der Waals surface area contributed by atoms with Gasteiger partial charge in [-0.3, -0.25) is 4.79 Å². The van der Waals surface area contributed by atoms with Crippen molar-refractivity contribution in [3.8, 4) is 0 Å². The summed E-state index contributed by atoms with van der Waals surface area (Å²) in [4.78, 5) is 14.2. The highest BCUT2D eigenvalue weighted by molar-refractivity contribution is 9.10. The summed E-state index contributed by atoms with van der Waals surface area (Å²) in [5, 5.41) is 0. The van der Waals surface area contributed by atoms with Crippen LogP contribution in [0.2, 0.25) is 0 Å². The molecule has 2 aromatic rings. The van der Waals surface area contributed by atoms with Crippen LogP contribution in [0.3, 0.4) is 0 Å². The summed E-state index contributed by atoms with van der Waals surface area (Å²) in [7, 11) is 0. The Morgan fingerprint density at radius 3 is 2.50 bits per heavy atom. The van der Waals surface area contributed by atoms with E-state index in [0.717, 1.165) is 5.56 Å². The van der Waals surface area contributed by atoms with Crippen molar-refractivity contribution in [1.29, 1.82) is 0 Å². The summed E-state index contributed by atoms with van der Waals surface area (Å²) in [5.41, 5.74) is 1.55. The van der Waals surface area contributed by atoms with Crippen molar-refractivity contribution in [2.75, 3.05) is 6.54 Å². The maximum absolute atomic E-state index is 13.1. The fraction of sp³-hybridized carbons (Fsp3) is 0.188. The van der Waals surface area contributed by atoms with Gasteiger partial charge in [0.15, 0.2) is 0 Å². The zero-order valence-electron chi connectivity index (χ0n) is 11.1. The van der Waals surface area contributed by atoms with Crippen molar-refractivity contribution in [1.82, 2.24) is 4.90 Å². The largest absolute Gasteiger partial charge is 0.335 e. The maximum atomic E-state index is 13.1. The fourth-order valence-electron chi connectivity index (χ4n) is 1.96. The number of halogens is 2. The lowest BCUT2D eigenvalue weighted by Gasteiger charge is -2.21. The first-order valence-corrected chi connectivity index (χ1v) is 7.19. The smallest absolute Gasteiger partial charge is 0.255 e. The second kappa shape index (κ2) is 6.66. The molecule has 2 rings (SSSR count). The molecule has 0 N–H and O–H groups in total. The fourth-order valence-corrected chi connectivity index (χ4v) is 2.48. The monoisotopic (exact) mass is 335 g/mol. The van der Waals surface area contributed by atoms with Gasteiger partial charge in [-0.1, -0.05) is 30.3 Å². The van der Waals surface area contributed by atoms with E-state index in [2.05, 4.69) is 15.9 Å². The van der Waals surface area contributed by atoms with E-state index in [9.17, 15) is 9.18 Å². The van der Waals surface area contributed by atoms with Gasteiger partial charge in [0.25, 0.3) is 5.91 Å². The quantitative estimate of drug-likeness (QED) is 0.817. The van der Waals surface area contributed by atoms with Gasteiger partial charge in [-0.05, 0) is 46.6 Å². The summed E-state index contributed by atoms with van der Waals surface area (Å²) in [6, 6.07) is 13.9. The van der Waals surface area contributed by atoms with Gasteiger partial charge in [0.1, 0.15) is 5.82 Å². The van der Waals surface area contributed by atoms with Crippen molar-refractivity contribution in [2.24, 2.45) is 0 Å². The third-order valence-electron chi connectivity index (χ3n) is 3.05. The lowest BCUT2D eigenvalue weighted by molar-refractivity contribution is 0.0751. The second-order valence-corrected chi connectivity index (χ2v) is 5.28. The Hall–Kier alpha value is -1.68. The zero-order chi connectivity index (χ0) is 14.5. The first-order chi connectivity index (χ1) is 9.61. The Labute approximate surface area is 126 Å². The molecule has 0 aromatic heterocycles. The van der Waals surface area contributed by atoms with Gasteiger partial charge in [-0.25, -0.2) is 4.39 Å². The molecule has 1 amide bonds. The van der Waals surface area contributed by atoms with Crippen LogP contribution >= 0.6 is 15.9 Å². The van der Waals surface area contributed by atoms with Crippen molar-refractivity contribution in [2.45, 2.75) is 13.5 Å². The normalized spacial score (nSPS) is 10.3. The minimum atomic E-state index is -0.362. The number of rotatable bonds is 4. The third-order valence-corrected chi connectivity index (χ3v) is 3.70. The molecule has 0 saturated carbocycles. The van der Waals surface area contributed by atoms with Gasteiger partial charge < -0.3 is 4.90 Å². The highest BCUT2D eigenvalue weighted by Crippen LogP contribution is 2.20. The van der Waals surface area contributed by atoms with Gasteiger partial charge in [0, 0.05) is 17.6 Å². The third kappa shape index (κ3) is 3.45. The van der Waals surface area contributed by atoms with Crippen LogP contribution in [-0.2, 0) is 6.54 Å². The Kier molecular flexibility index (Phi) is 4.90. The van der Waals surface area contributed by atoms with Crippen LogP contribution in [-0.4, -0.2) is 17.4 Å². The van der Waals surface area contributed by atoms with Crippen molar-refractivity contribution in [3.05, 3.63) is 69.9 Å². The summed E-state index contributed by atoms with van der Waals surface area (Å²) >= 11 is 3.24. The zero-order valence-corrected chi connectivity index (χ0v) is 12.7. The summed E-state index contributed by atoms with van der Waals surface area (Å²) < 4.78 is 13.6. The van der Waals surface area contributed by atoms with Crippen molar-refractivity contribution in [3.63, 3.8) is 0 Å². The van der Waals surface area contributed by atoms with Crippen LogP contribution in [0.4, 0.5) is 4.39 Å². The molecule has 2 nitrogen and oxygen atoms in total. The predicted octanol–water partition coefficient (Wildman–Crippen LogP) is 4.25. The first-order valence-electron chi connectivity index (χ1n) is 6.40. The minimum absolute atomic E-state index is 0.108. The predicted molar refractivity (Wildman–Crippen MR) is 81.0 cm³/mol. The topological polar surface area (TPSA) is 20.3 Å². The second-order valence-electron chi connectivity index (χ2n) is 4.43. The van der Waals surface area contributed by atoms with Gasteiger partial charge in [0.2, 0.25) is 0 Å². The minimum Gasteiger partial charge on any atom is -0.335 e. The van der Waals surface area contributed by atoms with E-state index in [1.165, 1.54) is 18.2 Å². The van der Waals surface area contributed by atoms with Crippen LogP contribution in [0.1, 0.15) is 22.8 Å². The molecule has 104 valence electrons. The molecule has 2 aromatic carbocycles. The number of amides is 1. The summed E-state index contributed by atoms with van der Waals surface area (Å²) in [6.45, 7) is 3.07. The summed E-state index contributed by atoms with van der Waals surface area (Å²) in [6.07, 6.45) is 0. The molecule has 0 aliphatic heterocycles. The number of carbonyl (C=O) groups is 1. The van der Waals surface area contributed by atoms with Crippen molar-refractivity contribution >= 4 is 21.8 Å². The Morgan fingerprint density at radius 1 is 1.20 bits per heavy atom. The number of carbonyl (C=O) groups excluding carboxylic acids is 1. The standard InChI is InChI=1S/C16H15BrFNO/c1-2-19(11-12-6-4-3-5-7-12)16(20)14-9-8-13(18)10-15(14)17/h3-10H,2,11H2,1H3. The summed E-state index contributed by atoms with van der Waals surface area (Å²) in [5.74, 6) is -0.470. The number of hydrogen-bond acceptors (Lipinski definition) is 1. The highest BCUT2D eigenvalue weighted by atomic mass is 79.9. The van der Waals surface area contributed by atoms with E-state index < -0.39 is 0 Å². The Bertz CT molecular complexity index is 601. The van der Waals surface area contributed by atoms with Crippen LogP contribution < -0.4 is 0 Å². The van der Waals surface area contributed by atoms with Crippen molar-refractivity contribution < 1.29 is 9.18 Å². The molecule has 0 fully saturated rings. The first kappa shape index (κ1) is 14.7. The molecular formula is C16H15BrFNO. The van der Waals surface area contributed by atoms with Crippen LogP contribution in [0.15, 0.2) is 53.0 Å². The van der Waals surface area contributed by atoms with Gasteiger partial charge in [0.05, 0.1) is 5.56 Å². The molecule has 0 heterocycles. The van der Waals surface area contributed by atoms with Gasteiger partial charge >= 0.3 is 0 Å². The molecule has 0 aliphatic rings. The maximum Gasteiger partial charge on any atom is 0.255 e. The lowest BCUT2D eigenvalue weighted by atomic mass is 10.1. The molecule has 0 unspecified atom stereocenters. The average molecular weight is 336 g/mol. The van der Waals surface area contributed by atoms with E-state index in [1.807, 2.05) is 37.3 Å². The van der Waals surface area contributed by atoms with Crippen LogP contribution in [0, 0.1) is 5.82 Å². The molecular weight excluding hydrogens is 321 g/mol. The van der Waals surface area contributed by atoms with E-state index in [4.69, 9.17) is 0 Å². The molecule has 4 heteroatoms. The van der Waals surface area contributed by atoms with Crippen LogP contribution in [0.25, 0.3) is 0 Å².